The molecule has 0 unspecified atom stereocenters. The van der Waals surface area contributed by atoms with Gasteiger partial charge in [0, 0.05) is 12.5 Å². The van der Waals surface area contributed by atoms with Crippen LogP contribution in [0.4, 0.5) is 13.2 Å². The second-order valence-electron chi connectivity index (χ2n) is 6.13. The number of aliphatic carboxylic acids is 1. The summed E-state index contributed by atoms with van der Waals surface area (Å²) in [6.45, 7) is -0.240. The molecule has 1 aromatic rings. The Morgan fingerprint density at radius 2 is 1.80 bits per heavy atom. The standard InChI is InChI=1S/C17H20F3NO4/c1-25-13-7-6-12(14(8-13)17(18,19)20)9-21-15(22)10-2-4-11(5-3-10)16(23)24/h6-8,10-11H,2-5,9H2,1H3,(H,21,22)(H,23,24). The Morgan fingerprint density at radius 3 is 2.32 bits per heavy atom. The van der Waals surface area contributed by atoms with Crippen molar-refractivity contribution in [1.82, 2.24) is 5.32 Å². The first-order valence-electron chi connectivity index (χ1n) is 7.97. The van der Waals surface area contributed by atoms with Crippen molar-refractivity contribution >= 4 is 11.9 Å². The Balaban J connectivity index is 1.99. The van der Waals surface area contributed by atoms with E-state index in [-0.39, 0.29) is 29.7 Å². The van der Waals surface area contributed by atoms with E-state index in [0.717, 1.165) is 6.07 Å². The number of ether oxygens (including phenoxy) is 1. The largest absolute Gasteiger partial charge is 0.497 e. The summed E-state index contributed by atoms with van der Waals surface area (Å²) in [5.74, 6) is -1.92. The number of nitrogens with one attached hydrogen (secondary N) is 1. The van der Waals surface area contributed by atoms with Gasteiger partial charge in [0.15, 0.2) is 0 Å². The number of alkyl halides is 3. The normalized spacial score (nSPS) is 20.8. The number of carbonyl (C=O) groups is 2. The second kappa shape index (κ2) is 7.76. The Hall–Kier alpha value is -2.25. The van der Waals surface area contributed by atoms with E-state index in [1.54, 1.807) is 0 Å². The lowest BCUT2D eigenvalue weighted by atomic mass is 9.81. The van der Waals surface area contributed by atoms with Crippen molar-refractivity contribution in [3.63, 3.8) is 0 Å². The van der Waals surface area contributed by atoms with Crippen LogP contribution in [-0.2, 0) is 22.3 Å². The average molecular weight is 359 g/mol. The van der Waals surface area contributed by atoms with Crippen LogP contribution in [0.5, 0.6) is 5.75 Å². The van der Waals surface area contributed by atoms with Gasteiger partial charge < -0.3 is 15.2 Å². The lowest BCUT2D eigenvalue weighted by Crippen LogP contribution is -2.34. The van der Waals surface area contributed by atoms with Gasteiger partial charge in [0.05, 0.1) is 18.6 Å². The summed E-state index contributed by atoms with van der Waals surface area (Å²) in [7, 11) is 1.28. The van der Waals surface area contributed by atoms with Crippen LogP contribution >= 0.6 is 0 Å². The van der Waals surface area contributed by atoms with E-state index in [1.807, 2.05) is 0 Å². The third-order valence-electron chi connectivity index (χ3n) is 4.52. The second-order valence-corrected chi connectivity index (χ2v) is 6.13. The molecular formula is C17H20F3NO4. The summed E-state index contributed by atoms with van der Waals surface area (Å²) in [5.41, 5.74) is -0.886. The number of carboxylic acids is 1. The van der Waals surface area contributed by atoms with Crippen molar-refractivity contribution in [1.29, 1.82) is 0 Å². The number of amides is 1. The molecule has 2 N–H and O–H groups in total. The minimum absolute atomic E-state index is 0.0409. The van der Waals surface area contributed by atoms with Crippen molar-refractivity contribution in [3.05, 3.63) is 29.3 Å². The van der Waals surface area contributed by atoms with Crippen LogP contribution < -0.4 is 10.1 Å². The molecule has 0 saturated heterocycles. The van der Waals surface area contributed by atoms with Gasteiger partial charge in [0.1, 0.15) is 5.75 Å². The minimum Gasteiger partial charge on any atom is -0.497 e. The molecule has 0 bridgehead atoms. The lowest BCUT2D eigenvalue weighted by molar-refractivity contribution is -0.144. The zero-order valence-electron chi connectivity index (χ0n) is 13.7. The summed E-state index contributed by atoms with van der Waals surface area (Å²) in [6, 6.07) is 3.59. The first kappa shape index (κ1) is 19.1. The highest BCUT2D eigenvalue weighted by Gasteiger charge is 2.34. The van der Waals surface area contributed by atoms with Gasteiger partial charge in [-0.2, -0.15) is 13.2 Å². The molecule has 1 aliphatic rings. The number of methoxy groups -OCH3 is 1. The molecule has 0 heterocycles. The molecule has 1 aromatic carbocycles. The van der Waals surface area contributed by atoms with Crippen molar-refractivity contribution in [3.8, 4) is 5.75 Å². The predicted octanol–water partition coefficient (Wildman–Crippen LogP) is 3.22. The van der Waals surface area contributed by atoms with Crippen molar-refractivity contribution in [2.75, 3.05) is 7.11 Å². The molecule has 1 saturated carbocycles. The zero-order chi connectivity index (χ0) is 18.6. The molecular weight excluding hydrogens is 339 g/mol. The molecule has 138 valence electrons. The van der Waals surface area contributed by atoms with E-state index in [1.165, 1.54) is 19.2 Å². The number of benzene rings is 1. The molecule has 1 fully saturated rings. The van der Waals surface area contributed by atoms with E-state index in [9.17, 15) is 22.8 Å². The van der Waals surface area contributed by atoms with Crippen LogP contribution in [0, 0.1) is 11.8 Å². The van der Waals surface area contributed by atoms with Crippen LogP contribution in [0.3, 0.4) is 0 Å². The van der Waals surface area contributed by atoms with Gasteiger partial charge in [-0.25, -0.2) is 0 Å². The fourth-order valence-electron chi connectivity index (χ4n) is 3.03. The van der Waals surface area contributed by atoms with E-state index < -0.39 is 23.6 Å². The van der Waals surface area contributed by atoms with Crippen molar-refractivity contribution in [2.24, 2.45) is 11.8 Å². The maximum Gasteiger partial charge on any atom is 0.416 e. The average Bonchev–Trinajstić information content (AvgIpc) is 2.58. The van der Waals surface area contributed by atoms with Crippen molar-refractivity contribution in [2.45, 2.75) is 38.4 Å². The smallest absolute Gasteiger partial charge is 0.416 e. The van der Waals surface area contributed by atoms with Crippen LogP contribution in [0.25, 0.3) is 0 Å². The number of carbonyl (C=O) groups excluding carboxylic acids is 1. The van der Waals surface area contributed by atoms with Gasteiger partial charge >= 0.3 is 12.1 Å². The van der Waals surface area contributed by atoms with E-state index in [4.69, 9.17) is 9.84 Å². The van der Waals surface area contributed by atoms with E-state index in [0.29, 0.717) is 25.7 Å². The lowest BCUT2D eigenvalue weighted by Gasteiger charge is -2.25. The third kappa shape index (κ3) is 4.87. The van der Waals surface area contributed by atoms with Gasteiger partial charge in [-0.15, -0.1) is 0 Å². The number of halogens is 3. The fraction of sp³-hybridized carbons (Fsp3) is 0.529. The summed E-state index contributed by atoms with van der Waals surface area (Å²) < 4.78 is 44.2. The predicted molar refractivity (Wildman–Crippen MR) is 82.9 cm³/mol. The summed E-state index contributed by atoms with van der Waals surface area (Å²) in [6.07, 6.45) is -2.88. The highest BCUT2D eigenvalue weighted by atomic mass is 19.4. The van der Waals surface area contributed by atoms with Gasteiger partial charge in [0.25, 0.3) is 0 Å². The van der Waals surface area contributed by atoms with Crippen LogP contribution in [-0.4, -0.2) is 24.1 Å². The molecule has 0 aromatic heterocycles. The molecule has 5 nitrogen and oxygen atoms in total. The zero-order valence-corrected chi connectivity index (χ0v) is 13.7. The molecule has 0 atom stereocenters. The molecule has 0 aliphatic heterocycles. The number of hydrogen-bond acceptors (Lipinski definition) is 3. The fourth-order valence-corrected chi connectivity index (χ4v) is 3.03. The Labute approximate surface area is 143 Å². The molecule has 8 heteroatoms. The Kier molecular flexibility index (Phi) is 5.92. The van der Waals surface area contributed by atoms with E-state index >= 15 is 0 Å². The topological polar surface area (TPSA) is 75.6 Å². The molecule has 1 aliphatic carbocycles. The summed E-state index contributed by atoms with van der Waals surface area (Å²) >= 11 is 0. The third-order valence-corrected chi connectivity index (χ3v) is 4.52. The maximum atomic E-state index is 13.1. The van der Waals surface area contributed by atoms with Gasteiger partial charge in [0.2, 0.25) is 5.91 Å². The number of rotatable bonds is 5. The van der Waals surface area contributed by atoms with Crippen LogP contribution in [0.1, 0.15) is 36.8 Å². The SMILES string of the molecule is COc1ccc(CNC(=O)C2CCC(C(=O)O)CC2)c(C(F)(F)F)c1. The Morgan fingerprint density at radius 1 is 1.20 bits per heavy atom. The summed E-state index contributed by atoms with van der Waals surface area (Å²) in [5, 5.41) is 11.5. The Bertz CT molecular complexity index is 637. The molecule has 0 radical (unpaired) electrons. The molecule has 2 rings (SSSR count). The first-order valence-corrected chi connectivity index (χ1v) is 7.97. The highest BCUT2D eigenvalue weighted by molar-refractivity contribution is 5.79. The van der Waals surface area contributed by atoms with Gasteiger partial charge in [-0.1, -0.05) is 6.07 Å². The van der Waals surface area contributed by atoms with Crippen LogP contribution in [0.15, 0.2) is 18.2 Å². The quantitative estimate of drug-likeness (QED) is 0.846. The number of hydrogen-bond donors (Lipinski definition) is 2. The van der Waals surface area contributed by atoms with Crippen LogP contribution in [0.2, 0.25) is 0 Å². The molecule has 1 amide bonds. The molecule has 25 heavy (non-hydrogen) atoms. The van der Waals surface area contributed by atoms with Gasteiger partial charge in [-0.3, -0.25) is 9.59 Å². The summed E-state index contributed by atoms with van der Waals surface area (Å²) in [4.78, 5) is 23.1. The monoisotopic (exact) mass is 359 g/mol. The minimum atomic E-state index is -4.55. The van der Waals surface area contributed by atoms with Crippen molar-refractivity contribution < 1.29 is 32.6 Å². The van der Waals surface area contributed by atoms with Gasteiger partial charge in [-0.05, 0) is 43.4 Å². The maximum absolute atomic E-state index is 13.1. The highest BCUT2D eigenvalue weighted by Crippen LogP contribution is 2.34. The molecule has 0 spiro atoms. The van der Waals surface area contributed by atoms with E-state index in [2.05, 4.69) is 5.32 Å². The first-order chi connectivity index (χ1) is 11.7. The number of carboxylic acid groups (broad SMARTS) is 1.